The van der Waals surface area contributed by atoms with Gasteiger partial charge >= 0.3 is 5.97 Å². The van der Waals surface area contributed by atoms with Gasteiger partial charge in [-0.2, -0.15) is 0 Å². The van der Waals surface area contributed by atoms with Gasteiger partial charge in [-0.3, -0.25) is 9.69 Å². The quantitative estimate of drug-likeness (QED) is 0.655. The minimum Gasteiger partial charge on any atom is -0.469 e. The van der Waals surface area contributed by atoms with Crippen molar-refractivity contribution in [1.82, 2.24) is 4.90 Å². The first kappa shape index (κ1) is 15.4. The second kappa shape index (κ2) is 8.48. The molecule has 1 heterocycles. The zero-order chi connectivity index (χ0) is 13.4. The molecule has 0 aromatic carbocycles. The molecule has 0 N–H and O–H groups in total. The highest BCUT2D eigenvalue weighted by atomic mass is 16.5. The molecule has 0 radical (unpaired) electrons. The summed E-state index contributed by atoms with van der Waals surface area (Å²) in [6.07, 6.45) is 3.83. The first-order valence-electron chi connectivity index (χ1n) is 7.06. The minimum atomic E-state index is -0.115. The first-order valence-corrected chi connectivity index (χ1v) is 7.06. The maximum atomic E-state index is 11.3. The molecule has 4 nitrogen and oxygen atoms in total. The molecule has 0 bridgehead atoms. The van der Waals surface area contributed by atoms with E-state index in [-0.39, 0.29) is 5.97 Å². The molecule has 1 aliphatic rings. The van der Waals surface area contributed by atoms with Gasteiger partial charge in [0.2, 0.25) is 0 Å². The summed E-state index contributed by atoms with van der Waals surface area (Å²) < 4.78 is 10.1. The lowest BCUT2D eigenvalue weighted by molar-refractivity contribution is -0.141. The average Bonchev–Trinajstić information content (AvgIpc) is 2.43. The Morgan fingerprint density at radius 3 is 2.67 bits per heavy atom. The molecule has 4 heteroatoms. The molecule has 1 rings (SSSR count). The van der Waals surface area contributed by atoms with Gasteiger partial charge in [-0.05, 0) is 18.8 Å². The van der Waals surface area contributed by atoms with E-state index in [0.29, 0.717) is 18.4 Å². The predicted octanol–water partition coefficient (Wildman–Crippen LogP) is 2.08. The predicted molar refractivity (Wildman–Crippen MR) is 71.5 cm³/mol. The smallest absolute Gasteiger partial charge is 0.306 e. The number of rotatable bonds is 7. The van der Waals surface area contributed by atoms with Crippen LogP contribution in [0.25, 0.3) is 0 Å². The van der Waals surface area contributed by atoms with Crippen LogP contribution in [0.3, 0.4) is 0 Å². The van der Waals surface area contributed by atoms with Crippen LogP contribution >= 0.6 is 0 Å². The van der Waals surface area contributed by atoms with E-state index in [4.69, 9.17) is 9.47 Å². The zero-order valence-electron chi connectivity index (χ0n) is 12.0. The third-order valence-corrected chi connectivity index (χ3v) is 3.78. The molecular formula is C14H27NO3. The number of hydrogen-bond acceptors (Lipinski definition) is 4. The van der Waals surface area contributed by atoms with Crippen molar-refractivity contribution in [3.05, 3.63) is 0 Å². The van der Waals surface area contributed by atoms with Gasteiger partial charge in [-0.25, -0.2) is 0 Å². The van der Waals surface area contributed by atoms with E-state index in [0.717, 1.165) is 39.1 Å². The summed E-state index contributed by atoms with van der Waals surface area (Å²) in [5.74, 6) is 0.557. The van der Waals surface area contributed by atoms with Crippen LogP contribution in [0.1, 0.15) is 39.5 Å². The Bertz CT molecular complexity index is 239. The van der Waals surface area contributed by atoms with Crippen molar-refractivity contribution in [2.45, 2.75) is 45.6 Å². The molecular weight excluding hydrogens is 230 g/mol. The first-order chi connectivity index (χ1) is 8.67. The van der Waals surface area contributed by atoms with Gasteiger partial charge < -0.3 is 9.47 Å². The minimum absolute atomic E-state index is 0.115. The van der Waals surface area contributed by atoms with Crippen LogP contribution in [-0.4, -0.2) is 50.3 Å². The lowest BCUT2D eigenvalue weighted by Gasteiger charge is -2.35. The molecule has 0 amide bonds. The number of esters is 1. The van der Waals surface area contributed by atoms with Crippen molar-refractivity contribution >= 4 is 5.97 Å². The number of carbonyl (C=O) groups excluding carboxylic acids is 1. The summed E-state index contributed by atoms with van der Waals surface area (Å²) in [6, 6.07) is 0.567. The van der Waals surface area contributed by atoms with E-state index >= 15 is 0 Å². The van der Waals surface area contributed by atoms with Crippen molar-refractivity contribution in [1.29, 1.82) is 0 Å². The molecule has 1 aliphatic heterocycles. The summed E-state index contributed by atoms with van der Waals surface area (Å²) in [6.45, 7) is 8.05. The van der Waals surface area contributed by atoms with E-state index < -0.39 is 0 Å². The Balaban J connectivity index is 2.47. The monoisotopic (exact) mass is 257 g/mol. The lowest BCUT2D eigenvalue weighted by atomic mass is 10.0. The highest BCUT2D eigenvalue weighted by Crippen LogP contribution is 2.17. The molecule has 18 heavy (non-hydrogen) atoms. The largest absolute Gasteiger partial charge is 0.469 e. The highest BCUT2D eigenvalue weighted by molar-refractivity contribution is 5.69. The SMILES string of the molecule is CCC(C)CN(CCC(=O)OC)C1CCOCC1. The van der Waals surface area contributed by atoms with Crippen molar-refractivity contribution in [3.8, 4) is 0 Å². The van der Waals surface area contributed by atoms with Gasteiger partial charge in [0.05, 0.1) is 13.5 Å². The molecule has 0 aromatic heterocycles. The Hall–Kier alpha value is -0.610. The number of methoxy groups -OCH3 is 1. The van der Waals surface area contributed by atoms with Crippen LogP contribution in [0.5, 0.6) is 0 Å². The Morgan fingerprint density at radius 2 is 2.11 bits per heavy atom. The van der Waals surface area contributed by atoms with Gasteiger partial charge in [0, 0.05) is 32.3 Å². The van der Waals surface area contributed by atoms with Crippen LogP contribution in [0.4, 0.5) is 0 Å². The third kappa shape index (κ3) is 5.36. The van der Waals surface area contributed by atoms with E-state index in [9.17, 15) is 4.79 Å². The summed E-state index contributed by atoms with van der Waals surface area (Å²) in [5.41, 5.74) is 0. The van der Waals surface area contributed by atoms with Crippen molar-refractivity contribution in [2.24, 2.45) is 5.92 Å². The average molecular weight is 257 g/mol. The summed E-state index contributed by atoms with van der Waals surface area (Å²) in [4.78, 5) is 13.7. The van der Waals surface area contributed by atoms with Gasteiger partial charge in [-0.1, -0.05) is 20.3 Å². The molecule has 1 fully saturated rings. The van der Waals surface area contributed by atoms with Crippen molar-refractivity contribution in [2.75, 3.05) is 33.4 Å². The van der Waals surface area contributed by atoms with E-state index in [2.05, 4.69) is 18.7 Å². The van der Waals surface area contributed by atoms with Crippen molar-refractivity contribution in [3.63, 3.8) is 0 Å². The van der Waals surface area contributed by atoms with Crippen LogP contribution < -0.4 is 0 Å². The molecule has 0 aliphatic carbocycles. The molecule has 0 aromatic rings. The number of hydrogen-bond donors (Lipinski definition) is 0. The van der Waals surface area contributed by atoms with Gasteiger partial charge in [-0.15, -0.1) is 0 Å². The third-order valence-electron chi connectivity index (χ3n) is 3.78. The van der Waals surface area contributed by atoms with E-state index in [1.165, 1.54) is 13.5 Å². The van der Waals surface area contributed by atoms with Gasteiger partial charge in [0.1, 0.15) is 0 Å². The second-order valence-corrected chi connectivity index (χ2v) is 5.18. The fraction of sp³-hybridized carbons (Fsp3) is 0.929. The van der Waals surface area contributed by atoms with Crippen LogP contribution in [-0.2, 0) is 14.3 Å². The van der Waals surface area contributed by atoms with Gasteiger partial charge in [0.25, 0.3) is 0 Å². The number of nitrogens with zero attached hydrogens (tertiary/aromatic N) is 1. The fourth-order valence-electron chi connectivity index (χ4n) is 2.34. The molecule has 1 atom stereocenters. The topological polar surface area (TPSA) is 38.8 Å². The van der Waals surface area contributed by atoms with Crippen molar-refractivity contribution < 1.29 is 14.3 Å². The summed E-state index contributed by atoms with van der Waals surface area (Å²) in [5, 5.41) is 0. The summed E-state index contributed by atoms with van der Waals surface area (Å²) >= 11 is 0. The highest BCUT2D eigenvalue weighted by Gasteiger charge is 2.23. The van der Waals surface area contributed by atoms with E-state index in [1.54, 1.807) is 0 Å². The molecule has 0 saturated carbocycles. The Morgan fingerprint density at radius 1 is 1.44 bits per heavy atom. The zero-order valence-corrected chi connectivity index (χ0v) is 12.0. The Labute approximate surface area is 111 Å². The lowest BCUT2D eigenvalue weighted by Crippen LogP contribution is -2.42. The standard InChI is InChI=1S/C14H27NO3/c1-4-12(2)11-15(8-5-14(16)17-3)13-6-9-18-10-7-13/h12-13H,4-11H2,1-3H3. The summed E-state index contributed by atoms with van der Waals surface area (Å²) in [7, 11) is 1.45. The molecule has 1 saturated heterocycles. The molecule has 0 spiro atoms. The molecule has 106 valence electrons. The number of carbonyl (C=O) groups is 1. The Kier molecular flexibility index (Phi) is 7.28. The normalized spacial score (nSPS) is 18.9. The fourth-order valence-corrected chi connectivity index (χ4v) is 2.34. The second-order valence-electron chi connectivity index (χ2n) is 5.18. The maximum absolute atomic E-state index is 11.3. The van der Waals surface area contributed by atoms with Crippen LogP contribution in [0.2, 0.25) is 0 Å². The van der Waals surface area contributed by atoms with E-state index in [1.807, 2.05) is 0 Å². The molecule has 1 unspecified atom stereocenters. The van der Waals surface area contributed by atoms with Crippen LogP contribution in [0, 0.1) is 5.92 Å². The number of ether oxygens (including phenoxy) is 2. The van der Waals surface area contributed by atoms with Gasteiger partial charge in [0.15, 0.2) is 0 Å². The van der Waals surface area contributed by atoms with Crippen LogP contribution in [0.15, 0.2) is 0 Å². The maximum Gasteiger partial charge on any atom is 0.306 e.